The van der Waals surface area contributed by atoms with E-state index in [0.717, 1.165) is 21.1 Å². The second-order valence-electron chi connectivity index (χ2n) is 11.5. The van der Waals surface area contributed by atoms with E-state index in [1.165, 1.54) is 7.05 Å². The average Bonchev–Trinajstić information content (AvgIpc) is 3.01. The van der Waals surface area contributed by atoms with Crippen LogP contribution < -0.4 is 21.7 Å². The summed E-state index contributed by atoms with van der Waals surface area (Å²) in [6.45, 7) is 6.86. The van der Waals surface area contributed by atoms with Gasteiger partial charge in [0.1, 0.15) is 24.7 Å². The molecule has 0 heterocycles. The molecule has 0 saturated carbocycles. The Morgan fingerprint density at radius 2 is 1.47 bits per heavy atom. The van der Waals surface area contributed by atoms with Crippen molar-refractivity contribution in [2.75, 3.05) is 13.6 Å². The number of nitrogens with zero attached hydrogens (tertiary/aromatic N) is 3. The van der Waals surface area contributed by atoms with Crippen LogP contribution in [-0.2, 0) is 36.9 Å². The number of hydrogen-bond acceptors (Lipinski definition) is 8. The van der Waals surface area contributed by atoms with Crippen LogP contribution in [0.2, 0.25) is 0 Å². The number of amides is 5. The van der Waals surface area contributed by atoms with Gasteiger partial charge in [-0.3, -0.25) is 19.2 Å². The summed E-state index contributed by atoms with van der Waals surface area (Å²) in [6.07, 6.45) is 1.21. The predicted octanol–water partition coefficient (Wildman–Crippen LogP) is 1.98. The highest BCUT2D eigenvalue weighted by Crippen LogP contribution is 2.21. The van der Waals surface area contributed by atoms with Crippen LogP contribution in [0.15, 0.2) is 60.7 Å². The maximum atomic E-state index is 13.8. The van der Waals surface area contributed by atoms with Crippen LogP contribution in [0.3, 0.4) is 0 Å². The lowest BCUT2D eigenvalue weighted by Gasteiger charge is -2.34. The van der Waals surface area contributed by atoms with E-state index >= 15 is 0 Å². The van der Waals surface area contributed by atoms with Gasteiger partial charge in [0, 0.05) is 19.9 Å². The van der Waals surface area contributed by atoms with Crippen molar-refractivity contribution < 1.29 is 28.7 Å². The maximum Gasteiger partial charge on any atom is 0.408 e. The summed E-state index contributed by atoms with van der Waals surface area (Å²) >= 11 is 0. The van der Waals surface area contributed by atoms with E-state index in [-0.39, 0.29) is 32.4 Å². The maximum absolute atomic E-state index is 13.8. The van der Waals surface area contributed by atoms with E-state index in [0.29, 0.717) is 0 Å². The Bertz CT molecular complexity index is 1340. The first-order chi connectivity index (χ1) is 21.3. The summed E-state index contributed by atoms with van der Waals surface area (Å²) < 4.78 is 5.24. The number of carbonyl (C=O) groups is 5. The molecule has 0 aliphatic carbocycles. The summed E-state index contributed by atoms with van der Waals surface area (Å²) in [6, 6.07) is 14.8. The number of alkyl carbamates (subject to hydrolysis) is 1. The lowest BCUT2D eigenvalue weighted by atomic mass is 9.85. The molecular weight excluding hydrogens is 578 g/mol. The molecule has 0 radical (unpaired) electrons. The monoisotopic (exact) mass is 621 g/mol. The van der Waals surface area contributed by atoms with Gasteiger partial charge in [0.05, 0.1) is 6.54 Å². The Labute approximate surface area is 264 Å². The molecule has 242 valence electrons. The van der Waals surface area contributed by atoms with E-state index in [9.17, 15) is 29.2 Å². The zero-order chi connectivity index (χ0) is 33.6. The fourth-order valence-electron chi connectivity index (χ4n) is 4.31. The minimum atomic E-state index is -1.14. The van der Waals surface area contributed by atoms with Crippen LogP contribution in [0.25, 0.3) is 0 Å². The first-order valence-electron chi connectivity index (χ1n) is 14.6. The Morgan fingerprint density at radius 3 is 1.98 bits per heavy atom. The van der Waals surface area contributed by atoms with Crippen molar-refractivity contribution in [3.8, 4) is 6.19 Å². The van der Waals surface area contributed by atoms with Crippen molar-refractivity contribution in [1.29, 1.82) is 5.26 Å². The normalized spacial score (nSPS) is 12.8. The minimum absolute atomic E-state index is 0.0226. The quantitative estimate of drug-likeness (QED) is 0.132. The van der Waals surface area contributed by atoms with Crippen molar-refractivity contribution in [2.45, 2.75) is 71.7 Å². The number of ether oxygens (including phenoxy) is 1. The van der Waals surface area contributed by atoms with Crippen molar-refractivity contribution >= 4 is 29.7 Å². The molecule has 0 aliphatic heterocycles. The Hall–Kier alpha value is -5.12. The zero-order valence-corrected chi connectivity index (χ0v) is 26.4. The van der Waals surface area contributed by atoms with Gasteiger partial charge in [-0.1, -0.05) is 88.4 Å². The van der Waals surface area contributed by atoms with Crippen molar-refractivity contribution in [1.82, 2.24) is 26.0 Å². The first kappa shape index (κ1) is 36.1. The molecule has 2 rings (SSSR count). The molecule has 0 spiro atoms. The molecule has 2 aromatic rings. The predicted molar refractivity (Wildman–Crippen MR) is 166 cm³/mol. The van der Waals surface area contributed by atoms with Crippen molar-refractivity contribution in [3.63, 3.8) is 0 Å². The summed E-state index contributed by atoms with van der Waals surface area (Å²) in [5.41, 5.74) is 5.93. The molecule has 0 aliphatic rings. The number of nitrogens with two attached hydrogens (primary N) is 1. The highest BCUT2D eigenvalue weighted by Gasteiger charge is 2.37. The highest BCUT2D eigenvalue weighted by molar-refractivity contribution is 5.94. The molecule has 0 aromatic heterocycles. The number of nitrogens with one attached hydrogen (secondary N) is 3. The van der Waals surface area contributed by atoms with Gasteiger partial charge in [-0.05, 0) is 23.0 Å². The van der Waals surface area contributed by atoms with Crippen molar-refractivity contribution in [2.24, 2.45) is 11.1 Å². The molecule has 5 amide bonds. The van der Waals surface area contributed by atoms with E-state index in [4.69, 9.17) is 10.5 Å². The summed E-state index contributed by atoms with van der Waals surface area (Å²) in [5, 5.41) is 19.6. The van der Waals surface area contributed by atoms with Gasteiger partial charge >= 0.3 is 6.09 Å². The Balaban J connectivity index is 2.21. The van der Waals surface area contributed by atoms with Crippen LogP contribution in [0, 0.1) is 16.9 Å². The Morgan fingerprint density at radius 1 is 0.889 bits per heavy atom. The first-order valence-corrected chi connectivity index (χ1v) is 14.6. The van der Waals surface area contributed by atoms with Crippen LogP contribution in [0.4, 0.5) is 4.79 Å². The van der Waals surface area contributed by atoms with Gasteiger partial charge in [-0.25, -0.2) is 14.8 Å². The molecule has 13 nitrogen and oxygen atoms in total. The molecule has 0 fully saturated rings. The fourth-order valence-corrected chi connectivity index (χ4v) is 4.31. The summed E-state index contributed by atoms with van der Waals surface area (Å²) in [7, 11) is 1.36. The minimum Gasteiger partial charge on any atom is -0.445 e. The molecule has 45 heavy (non-hydrogen) atoms. The Kier molecular flexibility index (Phi) is 13.8. The molecule has 13 heteroatoms. The smallest absolute Gasteiger partial charge is 0.408 e. The third-order valence-corrected chi connectivity index (χ3v) is 6.91. The van der Waals surface area contributed by atoms with E-state index < -0.39 is 53.3 Å². The van der Waals surface area contributed by atoms with E-state index in [1.807, 2.05) is 30.5 Å². The number of benzene rings is 2. The van der Waals surface area contributed by atoms with Gasteiger partial charge in [0.2, 0.25) is 17.7 Å². The van der Waals surface area contributed by atoms with Crippen LogP contribution >= 0.6 is 0 Å². The van der Waals surface area contributed by atoms with Gasteiger partial charge < -0.3 is 26.4 Å². The van der Waals surface area contributed by atoms with E-state index in [2.05, 4.69) is 16.0 Å². The van der Waals surface area contributed by atoms with Crippen LogP contribution in [0.1, 0.15) is 51.7 Å². The van der Waals surface area contributed by atoms with Crippen molar-refractivity contribution in [3.05, 3.63) is 71.8 Å². The molecular formula is C32H43N7O6. The lowest BCUT2D eigenvalue weighted by Crippen LogP contribution is -2.61. The van der Waals surface area contributed by atoms with Gasteiger partial charge in [0.15, 0.2) is 6.19 Å². The fraction of sp³-hybridized carbons (Fsp3) is 0.438. The topological polar surface area (TPSA) is 187 Å². The largest absolute Gasteiger partial charge is 0.445 e. The second kappa shape index (κ2) is 17.2. The van der Waals surface area contributed by atoms with Gasteiger partial charge in [-0.15, -0.1) is 0 Å². The standard InChI is InChI=1S/C32H43N7O6/c1-6-24(36-31(44)45-20-23-15-11-8-12-16-23)28(41)37-27(32(2,3)4)29(42)35-25(19-22-13-9-7-10-14-22)30(43)38(5)39(21-33)18-17-26(34)40/h7-16,24-25,27H,6,17-20H2,1-5H3,(H2,34,40)(H,35,42)(H,36,44)(H,37,41). The van der Waals surface area contributed by atoms with E-state index in [1.54, 1.807) is 64.1 Å². The molecule has 0 bridgehead atoms. The second-order valence-corrected chi connectivity index (χ2v) is 11.5. The van der Waals surface area contributed by atoms with Gasteiger partial charge in [-0.2, -0.15) is 5.26 Å². The highest BCUT2D eigenvalue weighted by atomic mass is 16.5. The molecule has 3 unspecified atom stereocenters. The average molecular weight is 622 g/mol. The van der Waals surface area contributed by atoms with Crippen LogP contribution in [-0.4, -0.2) is 71.5 Å². The molecule has 0 saturated heterocycles. The SMILES string of the molecule is CCC(NC(=O)OCc1ccccc1)C(=O)NC(C(=O)NC(Cc1ccccc1)C(=O)N(C)N(C#N)CCC(N)=O)C(C)(C)C. The summed E-state index contributed by atoms with van der Waals surface area (Å²) in [5.74, 6) is -2.50. The number of rotatable bonds is 15. The third kappa shape index (κ3) is 11.8. The lowest BCUT2D eigenvalue weighted by molar-refractivity contribution is -0.146. The van der Waals surface area contributed by atoms with Crippen LogP contribution in [0.5, 0.6) is 0 Å². The van der Waals surface area contributed by atoms with Gasteiger partial charge in [0.25, 0.3) is 5.91 Å². The number of likely N-dealkylation sites (N-methyl/N-ethyl adjacent to an activating group) is 1. The number of hydrogen-bond donors (Lipinski definition) is 4. The molecule has 3 atom stereocenters. The number of primary amides is 1. The summed E-state index contributed by atoms with van der Waals surface area (Å²) in [4.78, 5) is 64.4. The zero-order valence-electron chi connectivity index (χ0n) is 26.4. The number of nitriles is 1. The molecule has 2 aromatic carbocycles. The number of hydrazine groups is 1. The third-order valence-electron chi connectivity index (χ3n) is 6.91. The molecule has 5 N–H and O–H groups in total. The number of carbonyl (C=O) groups excluding carboxylic acids is 5.